The highest BCUT2D eigenvalue weighted by Crippen LogP contribution is 2.37. The third-order valence-corrected chi connectivity index (χ3v) is 11.0. The summed E-state index contributed by atoms with van der Waals surface area (Å²) in [6.45, 7) is 0. The SMILES string of the molecule is c1cc(-c2ccc(-n3c4ccccc4c4ccccc43)cc2)cc(-c2cccc(-c3cccc(-c4cnc5c6ccccc6c6ccccc6c5n4)c3)c2)c1. The molecule has 0 spiro atoms. The molecule has 2 aromatic heterocycles. The summed E-state index contributed by atoms with van der Waals surface area (Å²) in [6.07, 6.45) is 1.92. The average Bonchev–Trinajstić information content (AvgIpc) is 3.61. The molecule has 256 valence electrons. The Balaban J connectivity index is 0.921. The maximum atomic E-state index is 5.24. The quantitative estimate of drug-likeness (QED) is 0.167. The van der Waals surface area contributed by atoms with Crippen LogP contribution in [-0.4, -0.2) is 14.5 Å². The number of hydrogen-bond acceptors (Lipinski definition) is 2. The van der Waals surface area contributed by atoms with Gasteiger partial charge >= 0.3 is 0 Å². The van der Waals surface area contributed by atoms with Gasteiger partial charge in [-0.05, 0) is 86.6 Å². The van der Waals surface area contributed by atoms with Crippen molar-refractivity contribution in [3.63, 3.8) is 0 Å². The minimum Gasteiger partial charge on any atom is -0.309 e. The minimum atomic E-state index is 0.864. The topological polar surface area (TPSA) is 30.7 Å². The van der Waals surface area contributed by atoms with Crippen LogP contribution in [0.25, 0.3) is 105 Å². The highest BCUT2D eigenvalue weighted by atomic mass is 15.0. The van der Waals surface area contributed by atoms with Crippen LogP contribution in [0.15, 0.2) is 200 Å². The molecule has 11 rings (SSSR count). The zero-order valence-corrected chi connectivity index (χ0v) is 29.9. The molecule has 0 bridgehead atoms. The number of hydrogen-bond donors (Lipinski definition) is 0. The van der Waals surface area contributed by atoms with E-state index in [0.717, 1.165) is 49.9 Å². The molecule has 3 nitrogen and oxygen atoms in total. The van der Waals surface area contributed by atoms with Gasteiger partial charge in [0, 0.05) is 32.8 Å². The third-order valence-electron chi connectivity index (χ3n) is 11.0. The molecule has 0 radical (unpaired) electrons. The van der Waals surface area contributed by atoms with Gasteiger partial charge in [-0.15, -0.1) is 0 Å². The molecular weight excluding hydrogens is 667 g/mol. The van der Waals surface area contributed by atoms with Crippen molar-refractivity contribution in [3.05, 3.63) is 200 Å². The number of aromatic nitrogens is 3. The number of fused-ring (bicyclic) bond motifs is 9. The normalized spacial score (nSPS) is 11.6. The molecule has 11 aromatic rings. The summed E-state index contributed by atoms with van der Waals surface area (Å²) in [5.41, 5.74) is 14.4. The first-order chi connectivity index (χ1) is 27.3. The van der Waals surface area contributed by atoms with E-state index in [1.54, 1.807) is 0 Å². The maximum absolute atomic E-state index is 5.24. The molecule has 2 heterocycles. The summed E-state index contributed by atoms with van der Waals surface area (Å²) >= 11 is 0. The first-order valence-corrected chi connectivity index (χ1v) is 18.7. The lowest BCUT2D eigenvalue weighted by atomic mass is 9.95. The second-order valence-corrected chi connectivity index (χ2v) is 14.2. The van der Waals surface area contributed by atoms with Gasteiger partial charge in [0.25, 0.3) is 0 Å². The summed E-state index contributed by atoms with van der Waals surface area (Å²) in [5, 5.41) is 7.19. The van der Waals surface area contributed by atoms with Crippen molar-refractivity contribution in [1.29, 1.82) is 0 Å². The Kier molecular flexibility index (Phi) is 7.17. The second kappa shape index (κ2) is 12.6. The van der Waals surface area contributed by atoms with Crippen LogP contribution in [0.1, 0.15) is 0 Å². The van der Waals surface area contributed by atoms with Gasteiger partial charge in [-0.25, -0.2) is 4.98 Å². The zero-order chi connectivity index (χ0) is 36.3. The molecule has 0 aliphatic rings. The summed E-state index contributed by atoms with van der Waals surface area (Å²) in [5.74, 6) is 0. The van der Waals surface area contributed by atoms with Crippen LogP contribution < -0.4 is 0 Å². The largest absolute Gasteiger partial charge is 0.309 e. The first kappa shape index (κ1) is 31.2. The van der Waals surface area contributed by atoms with E-state index in [-0.39, 0.29) is 0 Å². The Morgan fingerprint density at radius 3 is 1.27 bits per heavy atom. The fraction of sp³-hybridized carbons (Fsp3) is 0. The molecule has 0 aliphatic heterocycles. The molecule has 0 amide bonds. The lowest BCUT2D eigenvalue weighted by molar-refractivity contribution is 1.18. The molecule has 55 heavy (non-hydrogen) atoms. The maximum Gasteiger partial charge on any atom is 0.0979 e. The summed E-state index contributed by atoms with van der Waals surface area (Å²) in [6, 6.07) is 69.6. The summed E-state index contributed by atoms with van der Waals surface area (Å²) in [4.78, 5) is 10.2. The number of benzene rings is 9. The minimum absolute atomic E-state index is 0.864. The van der Waals surface area contributed by atoms with Crippen LogP contribution in [0, 0.1) is 0 Å². The van der Waals surface area contributed by atoms with Gasteiger partial charge in [-0.1, -0.05) is 152 Å². The van der Waals surface area contributed by atoms with Crippen molar-refractivity contribution in [2.45, 2.75) is 0 Å². The van der Waals surface area contributed by atoms with Crippen LogP contribution in [0.2, 0.25) is 0 Å². The molecule has 0 unspecified atom stereocenters. The Bertz CT molecular complexity index is 3170. The molecular formula is C52H33N3. The second-order valence-electron chi connectivity index (χ2n) is 14.2. The van der Waals surface area contributed by atoms with E-state index in [9.17, 15) is 0 Å². The van der Waals surface area contributed by atoms with E-state index in [4.69, 9.17) is 9.97 Å². The predicted molar refractivity (Wildman–Crippen MR) is 231 cm³/mol. The van der Waals surface area contributed by atoms with Crippen molar-refractivity contribution >= 4 is 54.4 Å². The number of para-hydroxylation sites is 2. The molecule has 9 aromatic carbocycles. The highest BCUT2D eigenvalue weighted by molar-refractivity contribution is 6.23. The Morgan fingerprint density at radius 1 is 0.309 bits per heavy atom. The van der Waals surface area contributed by atoms with Gasteiger partial charge in [-0.3, -0.25) is 4.98 Å². The van der Waals surface area contributed by atoms with E-state index in [0.29, 0.717) is 0 Å². The smallest absolute Gasteiger partial charge is 0.0979 e. The van der Waals surface area contributed by atoms with Gasteiger partial charge in [0.15, 0.2) is 0 Å². The molecule has 0 fully saturated rings. The van der Waals surface area contributed by atoms with Crippen LogP contribution in [0.4, 0.5) is 0 Å². The Labute approximate surface area is 318 Å². The van der Waals surface area contributed by atoms with Gasteiger partial charge in [0.05, 0.1) is 34.0 Å². The van der Waals surface area contributed by atoms with Gasteiger partial charge in [0.2, 0.25) is 0 Å². The molecule has 0 aliphatic carbocycles. The van der Waals surface area contributed by atoms with E-state index >= 15 is 0 Å². The Hall–Kier alpha value is -7.36. The van der Waals surface area contributed by atoms with E-state index in [2.05, 4.69) is 199 Å². The van der Waals surface area contributed by atoms with Crippen LogP contribution in [0.3, 0.4) is 0 Å². The monoisotopic (exact) mass is 699 g/mol. The fourth-order valence-electron chi connectivity index (χ4n) is 8.38. The third kappa shape index (κ3) is 5.20. The van der Waals surface area contributed by atoms with Crippen molar-refractivity contribution in [2.24, 2.45) is 0 Å². The molecule has 0 N–H and O–H groups in total. The lowest BCUT2D eigenvalue weighted by Gasteiger charge is -2.12. The van der Waals surface area contributed by atoms with E-state index < -0.39 is 0 Å². The first-order valence-electron chi connectivity index (χ1n) is 18.7. The zero-order valence-electron chi connectivity index (χ0n) is 29.9. The summed E-state index contributed by atoms with van der Waals surface area (Å²) in [7, 11) is 0. The van der Waals surface area contributed by atoms with E-state index in [1.165, 1.54) is 54.8 Å². The fourth-order valence-corrected chi connectivity index (χ4v) is 8.38. The molecule has 0 saturated heterocycles. The van der Waals surface area contributed by atoms with Crippen molar-refractivity contribution < 1.29 is 0 Å². The lowest BCUT2D eigenvalue weighted by Crippen LogP contribution is -1.93. The van der Waals surface area contributed by atoms with Crippen LogP contribution in [-0.2, 0) is 0 Å². The average molecular weight is 700 g/mol. The van der Waals surface area contributed by atoms with Gasteiger partial charge < -0.3 is 4.57 Å². The highest BCUT2D eigenvalue weighted by Gasteiger charge is 2.14. The van der Waals surface area contributed by atoms with Crippen LogP contribution in [0.5, 0.6) is 0 Å². The van der Waals surface area contributed by atoms with E-state index in [1.807, 2.05) is 6.20 Å². The summed E-state index contributed by atoms with van der Waals surface area (Å²) < 4.78 is 2.36. The molecule has 0 atom stereocenters. The van der Waals surface area contributed by atoms with Crippen molar-refractivity contribution in [3.8, 4) is 50.3 Å². The van der Waals surface area contributed by atoms with Gasteiger partial charge in [-0.2, -0.15) is 0 Å². The Morgan fingerprint density at radius 2 is 0.727 bits per heavy atom. The van der Waals surface area contributed by atoms with Crippen molar-refractivity contribution in [1.82, 2.24) is 14.5 Å². The van der Waals surface area contributed by atoms with Crippen LogP contribution >= 0.6 is 0 Å². The molecule has 3 heteroatoms. The van der Waals surface area contributed by atoms with Gasteiger partial charge in [0.1, 0.15) is 0 Å². The number of rotatable bonds is 5. The molecule has 0 saturated carbocycles. The standard InChI is InChI=1S/C52H33N3/c1-3-22-46-42(18-1)43-19-2-4-23-47(43)52-51(46)53-33-48(54-52)40-17-11-16-39(32-40)38-15-10-14-37(31-38)36-13-9-12-35(30-36)34-26-28-41(29-27-34)55-49-24-7-5-20-44(49)45-21-6-8-25-50(45)55/h1-33H. The van der Waals surface area contributed by atoms with Crippen molar-refractivity contribution in [2.75, 3.05) is 0 Å². The predicted octanol–water partition coefficient (Wildman–Crippen LogP) is 13.7. The number of nitrogens with zero attached hydrogens (tertiary/aromatic N) is 3.